The summed E-state index contributed by atoms with van der Waals surface area (Å²) < 4.78 is 48.1. The van der Waals surface area contributed by atoms with Gasteiger partial charge in [-0.25, -0.2) is 9.59 Å². The second-order valence-corrected chi connectivity index (χ2v) is 7.16. The van der Waals surface area contributed by atoms with Gasteiger partial charge in [0.15, 0.2) is 6.10 Å². The summed E-state index contributed by atoms with van der Waals surface area (Å²) in [6.07, 6.45) is -6.06. The number of hydrogen-bond acceptors (Lipinski definition) is 4. The number of nitrogens with one attached hydrogen (secondary N) is 1. The Labute approximate surface area is 178 Å². The van der Waals surface area contributed by atoms with Crippen LogP contribution >= 0.6 is 0 Å². The first-order valence-corrected chi connectivity index (χ1v) is 9.57. The molecule has 0 radical (unpaired) electrons. The standard InChI is InChI=1S/C22H24F3NO5/c1-14(2)31-19(20(27)28)11-15-3-5-17(6-4-15)13-30-21(29)26-12-16-7-9-18(10-8-16)22(23,24)25/h3-10,14,19H,11-13H2,1-2H3,(H,26,29)(H,27,28). The fraction of sp³-hybridized carbons (Fsp3) is 0.364. The number of alkyl carbamates (subject to hydrolysis) is 1. The van der Waals surface area contributed by atoms with Crippen LogP contribution in [0.15, 0.2) is 48.5 Å². The van der Waals surface area contributed by atoms with Crippen molar-refractivity contribution in [3.05, 3.63) is 70.8 Å². The van der Waals surface area contributed by atoms with Crippen LogP contribution in [0.2, 0.25) is 0 Å². The molecule has 0 heterocycles. The van der Waals surface area contributed by atoms with Gasteiger partial charge in [-0.05, 0) is 42.7 Å². The van der Waals surface area contributed by atoms with E-state index in [0.717, 1.165) is 17.7 Å². The van der Waals surface area contributed by atoms with E-state index in [-0.39, 0.29) is 25.7 Å². The van der Waals surface area contributed by atoms with Gasteiger partial charge >= 0.3 is 18.2 Å². The van der Waals surface area contributed by atoms with Gasteiger partial charge in [-0.1, -0.05) is 36.4 Å². The molecule has 2 aromatic rings. The first-order chi connectivity index (χ1) is 14.5. The molecule has 0 aliphatic heterocycles. The van der Waals surface area contributed by atoms with E-state index in [1.807, 2.05) is 0 Å². The van der Waals surface area contributed by atoms with Crippen molar-refractivity contribution < 1.29 is 37.3 Å². The summed E-state index contributed by atoms with van der Waals surface area (Å²) in [6.45, 7) is 3.55. The second kappa shape index (κ2) is 10.8. The van der Waals surface area contributed by atoms with E-state index in [0.29, 0.717) is 11.1 Å². The first-order valence-electron chi connectivity index (χ1n) is 9.57. The summed E-state index contributed by atoms with van der Waals surface area (Å²) >= 11 is 0. The number of hydrogen-bond donors (Lipinski definition) is 2. The molecule has 0 aromatic heterocycles. The number of halogens is 3. The Morgan fingerprint density at radius 2 is 1.52 bits per heavy atom. The number of benzene rings is 2. The molecule has 31 heavy (non-hydrogen) atoms. The highest BCUT2D eigenvalue weighted by Crippen LogP contribution is 2.29. The molecule has 0 aliphatic rings. The van der Waals surface area contributed by atoms with Gasteiger partial charge in [-0.15, -0.1) is 0 Å². The number of aliphatic carboxylic acids is 1. The zero-order valence-corrected chi connectivity index (χ0v) is 17.1. The molecule has 0 aliphatic carbocycles. The number of carboxylic acid groups (broad SMARTS) is 1. The van der Waals surface area contributed by atoms with Crippen molar-refractivity contribution in [1.29, 1.82) is 0 Å². The molecule has 2 aromatic carbocycles. The molecule has 9 heteroatoms. The van der Waals surface area contributed by atoms with E-state index in [1.54, 1.807) is 38.1 Å². The Morgan fingerprint density at radius 3 is 2.03 bits per heavy atom. The van der Waals surface area contributed by atoms with Crippen molar-refractivity contribution in [2.75, 3.05) is 0 Å². The molecule has 2 rings (SSSR count). The summed E-state index contributed by atoms with van der Waals surface area (Å²) in [5.41, 5.74) is 1.22. The number of amides is 1. The Kier molecular flexibility index (Phi) is 8.44. The topological polar surface area (TPSA) is 84.9 Å². The van der Waals surface area contributed by atoms with Crippen LogP contribution in [0.4, 0.5) is 18.0 Å². The van der Waals surface area contributed by atoms with Gasteiger partial charge < -0.3 is 19.9 Å². The number of carbonyl (C=O) groups is 2. The van der Waals surface area contributed by atoms with Crippen LogP contribution in [0, 0.1) is 0 Å². The molecule has 1 amide bonds. The Balaban J connectivity index is 1.79. The molecule has 0 bridgehead atoms. The zero-order valence-electron chi connectivity index (χ0n) is 17.1. The summed E-state index contributed by atoms with van der Waals surface area (Å²) in [4.78, 5) is 23.1. The van der Waals surface area contributed by atoms with Gasteiger partial charge in [0.2, 0.25) is 0 Å². The van der Waals surface area contributed by atoms with Crippen molar-refractivity contribution in [1.82, 2.24) is 5.32 Å². The third-order valence-electron chi connectivity index (χ3n) is 4.24. The minimum absolute atomic E-state index is 0.00994. The Hall–Kier alpha value is -3.07. The predicted octanol–water partition coefficient (Wildman–Crippen LogP) is 4.55. The minimum atomic E-state index is -4.41. The van der Waals surface area contributed by atoms with Crippen molar-refractivity contribution >= 4 is 12.1 Å². The summed E-state index contributed by atoms with van der Waals surface area (Å²) in [6, 6.07) is 11.4. The van der Waals surface area contributed by atoms with Crippen molar-refractivity contribution in [2.24, 2.45) is 0 Å². The lowest BCUT2D eigenvalue weighted by molar-refractivity contribution is -0.153. The molecule has 0 fully saturated rings. The van der Waals surface area contributed by atoms with Gasteiger partial charge in [-0.2, -0.15) is 13.2 Å². The lowest BCUT2D eigenvalue weighted by Gasteiger charge is -2.16. The van der Waals surface area contributed by atoms with Crippen LogP contribution in [0.25, 0.3) is 0 Å². The van der Waals surface area contributed by atoms with Gasteiger partial charge in [0.1, 0.15) is 6.61 Å². The van der Waals surface area contributed by atoms with Crippen molar-refractivity contribution in [2.45, 2.75) is 51.8 Å². The summed E-state index contributed by atoms with van der Waals surface area (Å²) in [7, 11) is 0. The molecule has 1 atom stereocenters. The molecule has 1 unspecified atom stereocenters. The lowest BCUT2D eigenvalue weighted by atomic mass is 10.1. The predicted molar refractivity (Wildman–Crippen MR) is 106 cm³/mol. The fourth-order valence-corrected chi connectivity index (χ4v) is 2.69. The molecule has 0 saturated heterocycles. The minimum Gasteiger partial charge on any atom is -0.479 e. The van der Waals surface area contributed by atoms with Crippen molar-refractivity contribution in [3.63, 3.8) is 0 Å². The van der Waals surface area contributed by atoms with Crippen LogP contribution in [0.5, 0.6) is 0 Å². The molecule has 6 nitrogen and oxygen atoms in total. The lowest BCUT2D eigenvalue weighted by Crippen LogP contribution is -2.29. The van der Waals surface area contributed by atoms with Crippen LogP contribution in [0.1, 0.15) is 36.1 Å². The average molecular weight is 439 g/mol. The molecular weight excluding hydrogens is 415 g/mol. The Bertz CT molecular complexity index is 864. The van der Waals surface area contributed by atoms with Crippen LogP contribution < -0.4 is 5.32 Å². The molecular formula is C22H24F3NO5. The maximum atomic E-state index is 12.5. The monoisotopic (exact) mass is 439 g/mol. The second-order valence-electron chi connectivity index (χ2n) is 7.16. The Morgan fingerprint density at radius 1 is 0.968 bits per heavy atom. The van der Waals surface area contributed by atoms with E-state index >= 15 is 0 Å². The fourth-order valence-electron chi connectivity index (χ4n) is 2.69. The number of carboxylic acids is 1. The number of carbonyl (C=O) groups excluding carboxylic acids is 1. The van der Waals surface area contributed by atoms with E-state index in [4.69, 9.17) is 9.47 Å². The molecule has 2 N–H and O–H groups in total. The van der Waals surface area contributed by atoms with Crippen LogP contribution in [-0.2, 0) is 40.0 Å². The summed E-state index contributed by atoms with van der Waals surface area (Å²) in [5.74, 6) is -1.04. The smallest absolute Gasteiger partial charge is 0.416 e. The molecule has 0 saturated carbocycles. The first kappa shape index (κ1) is 24.2. The van der Waals surface area contributed by atoms with Crippen molar-refractivity contribution in [3.8, 4) is 0 Å². The van der Waals surface area contributed by atoms with Gasteiger partial charge in [0, 0.05) is 13.0 Å². The molecule has 0 spiro atoms. The van der Waals surface area contributed by atoms with Crippen LogP contribution in [0.3, 0.4) is 0 Å². The van der Waals surface area contributed by atoms with Gasteiger partial charge in [0.25, 0.3) is 0 Å². The van der Waals surface area contributed by atoms with E-state index in [1.165, 1.54) is 12.1 Å². The quantitative estimate of drug-likeness (QED) is 0.599. The number of alkyl halides is 3. The third-order valence-corrected chi connectivity index (χ3v) is 4.24. The SMILES string of the molecule is CC(C)OC(Cc1ccc(COC(=O)NCc2ccc(C(F)(F)F)cc2)cc1)C(=O)O. The normalized spacial score (nSPS) is 12.5. The largest absolute Gasteiger partial charge is 0.479 e. The highest BCUT2D eigenvalue weighted by atomic mass is 19.4. The van der Waals surface area contributed by atoms with E-state index in [9.17, 15) is 27.9 Å². The van der Waals surface area contributed by atoms with Gasteiger partial charge in [-0.3, -0.25) is 0 Å². The van der Waals surface area contributed by atoms with E-state index < -0.39 is 29.9 Å². The van der Waals surface area contributed by atoms with Gasteiger partial charge in [0.05, 0.1) is 11.7 Å². The van der Waals surface area contributed by atoms with E-state index in [2.05, 4.69) is 5.32 Å². The highest BCUT2D eigenvalue weighted by Gasteiger charge is 2.29. The average Bonchev–Trinajstić information content (AvgIpc) is 2.70. The third kappa shape index (κ3) is 8.29. The maximum absolute atomic E-state index is 12.5. The summed E-state index contributed by atoms with van der Waals surface area (Å²) in [5, 5.41) is 11.7. The highest BCUT2D eigenvalue weighted by molar-refractivity contribution is 5.72. The number of ether oxygens (including phenoxy) is 2. The maximum Gasteiger partial charge on any atom is 0.416 e. The zero-order chi connectivity index (χ0) is 23.0. The number of rotatable bonds is 9. The van der Waals surface area contributed by atoms with Crippen LogP contribution in [-0.4, -0.2) is 29.4 Å². The molecule has 168 valence electrons.